The minimum absolute atomic E-state index is 0.0172. The molecule has 0 aliphatic carbocycles. The molecule has 0 amide bonds. The Balaban J connectivity index is 2.24. The molecule has 0 aliphatic rings. The number of carbonyl (C=O) groups excluding carboxylic acids is 1. The summed E-state index contributed by atoms with van der Waals surface area (Å²) in [5.74, 6) is 1.18. The molecule has 0 N–H and O–H groups in total. The lowest BCUT2D eigenvalue weighted by atomic mass is 10.1. The molecule has 2 aromatic rings. The molecular weight excluding hydrogens is 296 g/mol. The van der Waals surface area contributed by atoms with E-state index in [0.29, 0.717) is 12.2 Å². The number of Topliss-reactive ketones (excluding diaryl/α,β-unsaturated/α-hetero) is 1. The van der Waals surface area contributed by atoms with Crippen molar-refractivity contribution in [2.75, 3.05) is 7.11 Å². The Kier molecular flexibility index (Phi) is 3.81. The summed E-state index contributed by atoms with van der Waals surface area (Å²) in [5.41, 5.74) is 0.891. The molecular formula is C13H13BrN2O2. The van der Waals surface area contributed by atoms with Crippen molar-refractivity contribution in [3.05, 3.63) is 46.5 Å². The molecule has 1 heterocycles. The van der Waals surface area contributed by atoms with Gasteiger partial charge < -0.3 is 9.30 Å². The number of ether oxygens (including phenoxy) is 1. The van der Waals surface area contributed by atoms with Crippen LogP contribution in [0, 0.1) is 0 Å². The minimum Gasteiger partial charge on any atom is -0.497 e. The van der Waals surface area contributed by atoms with E-state index in [4.69, 9.17) is 4.74 Å². The SMILES string of the molecule is COc1ccc(Br)c(CC(=O)c2nccn2C)c1. The molecule has 0 spiro atoms. The Bertz CT molecular complexity index is 578. The van der Waals surface area contributed by atoms with E-state index >= 15 is 0 Å². The second-order valence-corrected chi connectivity index (χ2v) is 4.77. The van der Waals surface area contributed by atoms with Gasteiger partial charge in [0.1, 0.15) is 5.75 Å². The third-order valence-corrected chi connectivity index (χ3v) is 3.45. The van der Waals surface area contributed by atoms with Crippen LogP contribution in [0.1, 0.15) is 16.2 Å². The number of ketones is 1. The highest BCUT2D eigenvalue weighted by Crippen LogP contribution is 2.23. The van der Waals surface area contributed by atoms with E-state index < -0.39 is 0 Å². The van der Waals surface area contributed by atoms with Crippen LogP contribution in [-0.2, 0) is 13.5 Å². The Morgan fingerprint density at radius 2 is 2.28 bits per heavy atom. The molecule has 0 aliphatic heterocycles. The molecule has 0 atom stereocenters. The number of halogens is 1. The first-order valence-corrected chi connectivity index (χ1v) is 6.24. The van der Waals surface area contributed by atoms with Gasteiger partial charge in [0.25, 0.3) is 0 Å². The first kappa shape index (κ1) is 12.8. The fraction of sp³-hybridized carbons (Fsp3) is 0.231. The second kappa shape index (κ2) is 5.35. The average Bonchev–Trinajstić information content (AvgIpc) is 2.78. The van der Waals surface area contributed by atoms with Crippen LogP contribution < -0.4 is 4.74 Å². The van der Waals surface area contributed by atoms with Gasteiger partial charge in [-0.3, -0.25) is 4.79 Å². The van der Waals surface area contributed by atoms with Crippen LogP contribution in [0.2, 0.25) is 0 Å². The number of benzene rings is 1. The molecule has 94 valence electrons. The van der Waals surface area contributed by atoms with E-state index in [1.54, 1.807) is 31.1 Å². The van der Waals surface area contributed by atoms with Gasteiger partial charge in [-0.25, -0.2) is 4.98 Å². The van der Waals surface area contributed by atoms with Gasteiger partial charge in [0.2, 0.25) is 5.78 Å². The van der Waals surface area contributed by atoms with Crippen molar-refractivity contribution < 1.29 is 9.53 Å². The lowest BCUT2D eigenvalue weighted by Crippen LogP contribution is -2.10. The van der Waals surface area contributed by atoms with E-state index in [9.17, 15) is 4.79 Å². The number of carbonyl (C=O) groups is 1. The molecule has 0 bridgehead atoms. The monoisotopic (exact) mass is 308 g/mol. The maximum atomic E-state index is 12.1. The molecule has 0 unspecified atom stereocenters. The number of aryl methyl sites for hydroxylation is 1. The van der Waals surface area contributed by atoms with E-state index in [2.05, 4.69) is 20.9 Å². The molecule has 2 rings (SSSR count). The first-order valence-electron chi connectivity index (χ1n) is 5.44. The van der Waals surface area contributed by atoms with Crippen LogP contribution in [0.25, 0.3) is 0 Å². The van der Waals surface area contributed by atoms with Crippen molar-refractivity contribution in [3.8, 4) is 5.75 Å². The highest BCUT2D eigenvalue weighted by atomic mass is 79.9. The van der Waals surface area contributed by atoms with E-state index in [1.807, 2.05) is 18.2 Å². The van der Waals surface area contributed by atoms with Crippen molar-refractivity contribution in [2.24, 2.45) is 7.05 Å². The average molecular weight is 309 g/mol. The van der Waals surface area contributed by atoms with Gasteiger partial charge >= 0.3 is 0 Å². The zero-order valence-electron chi connectivity index (χ0n) is 10.2. The van der Waals surface area contributed by atoms with Crippen LogP contribution in [0.4, 0.5) is 0 Å². The molecule has 4 nitrogen and oxygen atoms in total. The van der Waals surface area contributed by atoms with Crippen molar-refractivity contribution in [2.45, 2.75) is 6.42 Å². The number of methoxy groups -OCH3 is 1. The summed E-state index contributed by atoms with van der Waals surface area (Å²) in [7, 11) is 3.41. The van der Waals surface area contributed by atoms with Gasteiger partial charge in [-0.1, -0.05) is 15.9 Å². The summed E-state index contributed by atoms with van der Waals surface area (Å²) in [6.45, 7) is 0. The van der Waals surface area contributed by atoms with Crippen molar-refractivity contribution in [3.63, 3.8) is 0 Å². The Hall–Kier alpha value is -1.62. The third-order valence-electron chi connectivity index (χ3n) is 2.67. The number of nitrogens with zero attached hydrogens (tertiary/aromatic N) is 2. The Morgan fingerprint density at radius 1 is 1.50 bits per heavy atom. The minimum atomic E-state index is -0.0172. The van der Waals surface area contributed by atoms with Crippen LogP contribution in [0.15, 0.2) is 35.1 Å². The fourth-order valence-corrected chi connectivity index (χ4v) is 2.09. The summed E-state index contributed by atoms with van der Waals surface area (Å²) in [5, 5.41) is 0. The van der Waals surface area contributed by atoms with Crippen LogP contribution in [-0.4, -0.2) is 22.4 Å². The van der Waals surface area contributed by atoms with Crippen LogP contribution in [0.3, 0.4) is 0 Å². The lowest BCUT2D eigenvalue weighted by molar-refractivity contribution is 0.0980. The van der Waals surface area contributed by atoms with E-state index in [1.165, 1.54) is 0 Å². The van der Waals surface area contributed by atoms with Gasteiger partial charge in [0.15, 0.2) is 5.82 Å². The predicted molar refractivity (Wildman–Crippen MR) is 71.9 cm³/mol. The van der Waals surface area contributed by atoms with Gasteiger partial charge in [-0.15, -0.1) is 0 Å². The lowest BCUT2D eigenvalue weighted by Gasteiger charge is -2.07. The quantitative estimate of drug-likeness (QED) is 0.816. The number of imidazole rings is 1. The number of rotatable bonds is 4. The summed E-state index contributed by atoms with van der Waals surface area (Å²) < 4.78 is 7.77. The Morgan fingerprint density at radius 3 is 2.89 bits per heavy atom. The largest absolute Gasteiger partial charge is 0.497 e. The summed E-state index contributed by atoms with van der Waals surface area (Å²) in [6.07, 6.45) is 3.67. The summed E-state index contributed by atoms with van der Waals surface area (Å²) in [4.78, 5) is 16.2. The molecule has 1 aromatic carbocycles. The highest BCUT2D eigenvalue weighted by molar-refractivity contribution is 9.10. The molecule has 5 heteroatoms. The third kappa shape index (κ3) is 2.61. The number of hydrogen-bond acceptors (Lipinski definition) is 3. The van der Waals surface area contributed by atoms with Gasteiger partial charge in [-0.2, -0.15) is 0 Å². The van der Waals surface area contributed by atoms with Gasteiger partial charge in [-0.05, 0) is 23.8 Å². The maximum Gasteiger partial charge on any atom is 0.202 e. The number of aromatic nitrogens is 2. The highest BCUT2D eigenvalue weighted by Gasteiger charge is 2.14. The molecule has 0 fully saturated rings. The van der Waals surface area contributed by atoms with Gasteiger partial charge in [0, 0.05) is 30.3 Å². The zero-order valence-corrected chi connectivity index (χ0v) is 11.8. The predicted octanol–water partition coefficient (Wildman–Crippen LogP) is 2.62. The second-order valence-electron chi connectivity index (χ2n) is 3.92. The smallest absolute Gasteiger partial charge is 0.202 e. The topological polar surface area (TPSA) is 44.1 Å². The first-order chi connectivity index (χ1) is 8.61. The van der Waals surface area contributed by atoms with E-state index in [0.717, 1.165) is 15.8 Å². The maximum absolute atomic E-state index is 12.1. The molecule has 1 aromatic heterocycles. The van der Waals surface area contributed by atoms with Crippen molar-refractivity contribution in [1.29, 1.82) is 0 Å². The van der Waals surface area contributed by atoms with Gasteiger partial charge in [0.05, 0.1) is 7.11 Å². The van der Waals surface area contributed by atoms with E-state index in [-0.39, 0.29) is 5.78 Å². The molecule has 0 saturated carbocycles. The summed E-state index contributed by atoms with van der Waals surface area (Å²) >= 11 is 3.43. The summed E-state index contributed by atoms with van der Waals surface area (Å²) in [6, 6.07) is 5.57. The molecule has 0 saturated heterocycles. The number of hydrogen-bond donors (Lipinski definition) is 0. The molecule has 0 radical (unpaired) electrons. The van der Waals surface area contributed by atoms with Crippen LogP contribution >= 0.6 is 15.9 Å². The molecule has 18 heavy (non-hydrogen) atoms. The zero-order chi connectivity index (χ0) is 13.1. The van der Waals surface area contributed by atoms with Crippen molar-refractivity contribution >= 4 is 21.7 Å². The standard InChI is InChI=1S/C13H13BrN2O2/c1-16-6-5-15-13(16)12(17)8-9-7-10(18-2)3-4-11(9)14/h3-7H,8H2,1-2H3. The van der Waals surface area contributed by atoms with Crippen molar-refractivity contribution in [1.82, 2.24) is 9.55 Å². The van der Waals surface area contributed by atoms with Crippen LogP contribution in [0.5, 0.6) is 5.75 Å². The Labute approximate surface area is 114 Å². The fourth-order valence-electron chi connectivity index (χ4n) is 1.70. The normalized spacial score (nSPS) is 10.4.